The van der Waals surface area contributed by atoms with Gasteiger partial charge in [-0.15, -0.1) is 22.7 Å². The Balaban J connectivity index is 0.912. The predicted octanol–water partition coefficient (Wildman–Crippen LogP) is 6.62. The number of aliphatic hydroxyl groups excluding tert-OH is 1. The number of nitrogens with one attached hydrogen (secondary N) is 2. The number of ether oxygens (including phenoxy) is 1. The Hall–Kier alpha value is -6.08. The van der Waals surface area contributed by atoms with Gasteiger partial charge in [-0.25, -0.2) is 0 Å². The second-order valence-corrected chi connectivity index (χ2v) is 19.8. The standard InChI is InChI=1S/C48H54N8O8S2/c1-6-36(46(60)55-23-34(57)17-37(55)44(58)51-19-29-7-11-31(12-8-29)41-21-49-26-65-41)39-16-33(54-63-39)25-62-35-18-38(45(59)52-20-30-9-13-32(14-10-30)42-22-50-27-66-42)56(24-35)47(61)43(48(3,4)5)40-15-28(2)53-64-40/h7-16,21-22,26-27,34-38,43,57H,6,17-20,23-25H2,1-5H3,(H,51,58)(H,52,59)/t34-,35-,36-,37+,38+,43-/m1/s1. The molecule has 0 spiro atoms. The summed E-state index contributed by atoms with van der Waals surface area (Å²) in [5, 5.41) is 24.9. The van der Waals surface area contributed by atoms with E-state index in [4.69, 9.17) is 13.8 Å². The smallest absolute Gasteiger partial charge is 0.243 e. The van der Waals surface area contributed by atoms with Gasteiger partial charge in [0.15, 0.2) is 0 Å². The van der Waals surface area contributed by atoms with E-state index in [0.717, 1.165) is 32.0 Å². The molecule has 346 valence electrons. The number of hydrogen-bond acceptors (Lipinski definition) is 14. The van der Waals surface area contributed by atoms with Crippen molar-refractivity contribution in [3.05, 3.63) is 118 Å². The number of aliphatic hydroxyl groups is 1. The molecule has 2 aromatic carbocycles. The van der Waals surface area contributed by atoms with Crippen molar-refractivity contribution in [1.82, 2.24) is 40.7 Å². The van der Waals surface area contributed by atoms with Crippen LogP contribution in [0, 0.1) is 12.3 Å². The van der Waals surface area contributed by atoms with Crippen molar-refractivity contribution in [3.8, 4) is 20.9 Å². The number of nitrogens with zero attached hydrogens (tertiary/aromatic N) is 6. The van der Waals surface area contributed by atoms with Gasteiger partial charge in [-0.2, -0.15) is 0 Å². The number of benzene rings is 2. The van der Waals surface area contributed by atoms with Crippen molar-refractivity contribution in [2.45, 2.75) is 110 Å². The summed E-state index contributed by atoms with van der Waals surface area (Å²) < 4.78 is 17.7. The number of hydrogen-bond donors (Lipinski definition) is 3. The summed E-state index contributed by atoms with van der Waals surface area (Å²) >= 11 is 3.10. The number of rotatable bonds is 16. The quantitative estimate of drug-likeness (QED) is 0.0937. The van der Waals surface area contributed by atoms with Crippen molar-refractivity contribution in [2.75, 3.05) is 13.1 Å². The maximum atomic E-state index is 14.6. The first-order valence-corrected chi connectivity index (χ1v) is 23.8. The molecule has 6 aromatic rings. The van der Waals surface area contributed by atoms with Gasteiger partial charge in [-0.05, 0) is 41.0 Å². The highest BCUT2D eigenvalue weighted by Gasteiger charge is 2.47. The van der Waals surface area contributed by atoms with Crippen LogP contribution in [0.3, 0.4) is 0 Å². The van der Waals surface area contributed by atoms with E-state index in [-0.39, 0.29) is 69.3 Å². The minimum absolute atomic E-state index is 0.01000. The van der Waals surface area contributed by atoms with Crippen molar-refractivity contribution in [1.29, 1.82) is 0 Å². The van der Waals surface area contributed by atoms with Gasteiger partial charge in [0.05, 0.1) is 51.2 Å². The van der Waals surface area contributed by atoms with Crippen LogP contribution in [0.15, 0.2) is 93.1 Å². The van der Waals surface area contributed by atoms with E-state index in [0.29, 0.717) is 29.3 Å². The average Bonchev–Trinajstić information content (AvgIpc) is 4.16. The van der Waals surface area contributed by atoms with E-state index in [1.54, 1.807) is 57.7 Å². The molecule has 6 heterocycles. The van der Waals surface area contributed by atoms with Crippen molar-refractivity contribution in [3.63, 3.8) is 0 Å². The van der Waals surface area contributed by atoms with Crippen LogP contribution in [0.2, 0.25) is 0 Å². The zero-order chi connectivity index (χ0) is 46.5. The van der Waals surface area contributed by atoms with Crippen LogP contribution in [-0.2, 0) is 43.6 Å². The van der Waals surface area contributed by atoms with Gasteiger partial charge in [0.25, 0.3) is 0 Å². The molecule has 0 aliphatic carbocycles. The summed E-state index contributed by atoms with van der Waals surface area (Å²) in [4.78, 5) is 69.6. The monoisotopic (exact) mass is 934 g/mol. The summed E-state index contributed by atoms with van der Waals surface area (Å²) in [6.45, 7) is 10.2. The van der Waals surface area contributed by atoms with E-state index in [2.05, 4.69) is 30.9 Å². The van der Waals surface area contributed by atoms with Crippen LogP contribution in [-0.4, -0.2) is 96.2 Å². The molecule has 18 heteroatoms. The number of aryl methyl sites for hydroxylation is 1. The zero-order valence-corrected chi connectivity index (χ0v) is 39.1. The molecule has 2 aliphatic rings. The maximum absolute atomic E-state index is 14.6. The van der Waals surface area contributed by atoms with Crippen molar-refractivity contribution >= 4 is 46.3 Å². The fourth-order valence-electron chi connectivity index (χ4n) is 8.69. The van der Waals surface area contributed by atoms with Gasteiger partial charge in [0, 0.05) is 63.5 Å². The minimum atomic E-state index is -0.859. The van der Waals surface area contributed by atoms with Gasteiger partial charge in [0.2, 0.25) is 23.6 Å². The Kier molecular flexibility index (Phi) is 14.2. The molecule has 16 nitrogen and oxygen atoms in total. The normalized spacial score (nSPS) is 19.5. The zero-order valence-electron chi connectivity index (χ0n) is 37.5. The molecule has 0 bridgehead atoms. The molecule has 2 fully saturated rings. The highest BCUT2D eigenvalue weighted by molar-refractivity contribution is 7.13. The Morgan fingerprint density at radius 3 is 1.86 bits per heavy atom. The molecule has 4 amide bonds. The second-order valence-electron chi connectivity index (χ2n) is 18.0. The van der Waals surface area contributed by atoms with Crippen LogP contribution in [0.25, 0.3) is 20.9 Å². The lowest BCUT2D eigenvalue weighted by molar-refractivity contribution is -0.142. The molecular weight excluding hydrogens is 881 g/mol. The number of carbonyl (C=O) groups excluding carboxylic acids is 4. The lowest BCUT2D eigenvalue weighted by Gasteiger charge is -2.33. The summed E-state index contributed by atoms with van der Waals surface area (Å²) in [7, 11) is 0. The summed E-state index contributed by atoms with van der Waals surface area (Å²) in [5.74, 6) is -2.04. The van der Waals surface area contributed by atoms with E-state index in [1.165, 1.54) is 4.90 Å². The van der Waals surface area contributed by atoms with E-state index in [1.807, 2.05) is 88.6 Å². The molecule has 8 rings (SSSR count). The number of aromatic nitrogens is 4. The Morgan fingerprint density at radius 1 is 0.788 bits per heavy atom. The molecule has 0 unspecified atom stereocenters. The van der Waals surface area contributed by atoms with Crippen LogP contribution < -0.4 is 10.6 Å². The molecule has 0 radical (unpaired) electrons. The first kappa shape index (κ1) is 46.4. The average molecular weight is 935 g/mol. The lowest BCUT2D eigenvalue weighted by atomic mass is 9.78. The molecule has 66 heavy (non-hydrogen) atoms. The Labute approximate surface area is 390 Å². The van der Waals surface area contributed by atoms with Crippen LogP contribution >= 0.6 is 22.7 Å². The largest absolute Gasteiger partial charge is 0.391 e. The van der Waals surface area contributed by atoms with Gasteiger partial charge in [0.1, 0.15) is 35.2 Å². The van der Waals surface area contributed by atoms with Gasteiger partial charge in [-0.3, -0.25) is 29.1 Å². The van der Waals surface area contributed by atoms with Crippen LogP contribution in [0.4, 0.5) is 0 Å². The van der Waals surface area contributed by atoms with E-state index < -0.39 is 41.5 Å². The molecule has 2 saturated heterocycles. The highest BCUT2D eigenvalue weighted by atomic mass is 32.1. The number of amides is 4. The first-order valence-electron chi connectivity index (χ1n) is 22.1. The molecule has 0 saturated carbocycles. The first-order chi connectivity index (χ1) is 31.7. The lowest BCUT2D eigenvalue weighted by Crippen LogP contribution is -2.49. The maximum Gasteiger partial charge on any atom is 0.243 e. The number of β-amino-alcohol motifs (C(OH)–C–C–N with tert-alkyl or cyclic N) is 1. The number of carbonyl (C=O) groups is 4. The van der Waals surface area contributed by atoms with Crippen molar-refractivity contribution < 1.29 is 38.1 Å². The molecule has 3 N–H and O–H groups in total. The van der Waals surface area contributed by atoms with Gasteiger partial charge >= 0.3 is 0 Å². The topological polar surface area (TPSA) is 206 Å². The van der Waals surface area contributed by atoms with E-state index in [9.17, 15) is 24.3 Å². The summed E-state index contributed by atoms with van der Waals surface area (Å²) in [6.07, 6.45) is 2.93. The van der Waals surface area contributed by atoms with Crippen LogP contribution in [0.5, 0.6) is 0 Å². The minimum Gasteiger partial charge on any atom is -0.391 e. The Morgan fingerprint density at radius 2 is 1.35 bits per heavy atom. The van der Waals surface area contributed by atoms with Gasteiger partial charge < -0.3 is 39.3 Å². The molecule has 2 aliphatic heterocycles. The number of thiazole rings is 2. The third-order valence-corrected chi connectivity index (χ3v) is 13.8. The fourth-order valence-corrected chi connectivity index (χ4v) is 9.94. The third-order valence-electron chi connectivity index (χ3n) is 12.1. The Bertz CT molecular complexity index is 2590. The summed E-state index contributed by atoms with van der Waals surface area (Å²) in [5.41, 5.74) is 7.93. The number of likely N-dealkylation sites (tertiary alicyclic amines) is 2. The van der Waals surface area contributed by atoms with E-state index >= 15 is 0 Å². The van der Waals surface area contributed by atoms with Gasteiger partial charge in [-0.1, -0.05) is 86.5 Å². The second kappa shape index (κ2) is 20.2. The van der Waals surface area contributed by atoms with Crippen LogP contribution in [0.1, 0.15) is 92.8 Å². The third kappa shape index (κ3) is 10.6. The SMILES string of the molecule is CC[C@@H](C(=O)N1C[C@H](O)C[C@H]1C(=O)NCc1ccc(-c2cncs2)cc1)c1cc(CO[C@@H]2C[C@@H](C(=O)NCc3ccc(-c4cncs4)cc3)N(C(=O)[C@@H](c3cc(C)no3)C(C)(C)C)C2)no1. The summed E-state index contributed by atoms with van der Waals surface area (Å²) in [6, 6.07) is 17.5. The highest BCUT2D eigenvalue weighted by Crippen LogP contribution is 2.39. The molecule has 4 aromatic heterocycles. The fraction of sp³-hybridized carbons (Fsp3) is 0.417. The predicted molar refractivity (Wildman–Crippen MR) is 247 cm³/mol. The van der Waals surface area contributed by atoms with Crippen molar-refractivity contribution in [2.24, 2.45) is 5.41 Å². The molecular formula is C48H54N8O8S2. The molecule has 6 atom stereocenters.